The second-order valence-electron chi connectivity index (χ2n) is 7.21. The fourth-order valence-corrected chi connectivity index (χ4v) is 5.32. The van der Waals surface area contributed by atoms with Gasteiger partial charge in [0.25, 0.3) is 10.0 Å². The number of benzene rings is 3. The Morgan fingerprint density at radius 1 is 1.00 bits per heavy atom. The molecule has 3 aromatic carbocycles. The predicted molar refractivity (Wildman–Crippen MR) is 124 cm³/mol. The van der Waals surface area contributed by atoms with Crippen LogP contribution < -0.4 is 4.72 Å². The number of thioether (sulfide) groups is 1. The zero-order valence-corrected chi connectivity index (χ0v) is 18.6. The summed E-state index contributed by atoms with van der Waals surface area (Å²) in [6.07, 6.45) is 0. The van der Waals surface area contributed by atoms with Crippen LogP contribution in [0.15, 0.2) is 101 Å². The summed E-state index contributed by atoms with van der Waals surface area (Å²) in [4.78, 5) is 0.930. The Balaban J connectivity index is 1.85. The molecule has 2 N–H and O–H groups in total. The van der Waals surface area contributed by atoms with Gasteiger partial charge >= 0.3 is 0 Å². The smallest absolute Gasteiger partial charge is 0.261 e. The van der Waals surface area contributed by atoms with E-state index in [9.17, 15) is 13.5 Å². The van der Waals surface area contributed by atoms with Crippen LogP contribution in [0.3, 0.4) is 0 Å². The minimum absolute atomic E-state index is 0.204. The fraction of sp³-hybridized carbons (Fsp3) is 0.167. The highest BCUT2D eigenvalue weighted by Gasteiger charge is 2.30. The molecule has 1 atom stereocenters. The van der Waals surface area contributed by atoms with Gasteiger partial charge in [0.15, 0.2) is 0 Å². The van der Waals surface area contributed by atoms with Crippen LogP contribution in [0.25, 0.3) is 0 Å². The van der Waals surface area contributed by atoms with Crippen molar-refractivity contribution in [2.24, 2.45) is 0 Å². The van der Waals surface area contributed by atoms with Crippen molar-refractivity contribution in [2.75, 3.05) is 10.5 Å². The third-order valence-electron chi connectivity index (χ3n) is 4.86. The SMILES string of the molecule is C=C(C)C(O)(CSc1ccccc1NS(=O)(=O)c1ccc(C)cc1)c1ccccc1. The van der Waals surface area contributed by atoms with Crippen molar-refractivity contribution in [1.82, 2.24) is 0 Å². The van der Waals surface area contributed by atoms with E-state index in [1.807, 2.05) is 49.4 Å². The molecule has 0 amide bonds. The number of hydrogen-bond donors (Lipinski definition) is 2. The van der Waals surface area contributed by atoms with Crippen LogP contribution >= 0.6 is 11.8 Å². The summed E-state index contributed by atoms with van der Waals surface area (Å²) in [7, 11) is -3.72. The molecular weight excluding hydrogens is 414 g/mol. The Kier molecular flexibility index (Phi) is 6.71. The molecule has 0 bridgehead atoms. The minimum atomic E-state index is -3.72. The second-order valence-corrected chi connectivity index (χ2v) is 9.91. The predicted octanol–water partition coefficient (Wildman–Crippen LogP) is 5.35. The number of rotatable bonds is 8. The van der Waals surface area contributed by atoms with Crippen LogP contribution in [0, 0.1) is 6.92 Å². The third-order valence-corrected chi connectivity index (χ3v) is 7.47. The van der Waals surface area contributed by atoms with Gasteiger partial charge in [-0.1, -0.05) is 66.7 Å². The summed E-state index contributed by atoms with van der Waals surface area (Å²) in [5.74, 6) is 0.301. The highest BCUT2D eigenvalue weighted by atomic mass is 32.2. The molecular formula is C24H25NO3S2. The van der Waals surface area contributed by atoms with Crippen LogP contribution in [0.2, 0.25) is 0 Å². The van der Waals surface area contributed by atoms with Gasteiger partial charge in [-0.15, -0.1) is 11.8 Å². The molecule has 0 fully saturated rings. The first-order valence-electron chi connectivity index (χ1n) is 9.47. The fourth-order valence-electron chi connectivity index (χ4n) is 2.95. The van der Waals surface area contributed by atoms with Crippen molar-refractivity contribution < 1.29 is 13.5 Å². The van der Waals surface area contributed by atoms with E-state index >= 15 is 0 Å². The van der Waals surface area contributed by atoms with Gasteiger partial charge in [0.2, 0.25) is 0 Å². The molecule has 0 aromatic heterocycles. The number of sulfonamides is 1. The van der Waals surface area contributed by atoms with Crippen LogP contribution in [0.1, 0.15) is 18.1 Å². The summed E-state index contributed by atoms with van der Waals surface area (Å²) < 4.78 is 28.3. The van der Waals surface area contributed by atoms with Gasteiger partial charge in [-0.3, -0.25) is 4.72 Å². The zero-order valence-electron chi connectivity index (χ0n) is 17.0. The molecule has 3 rings (SSSR count). The lowest BCUT2D eigenvalue weighted by molar-refractivity contribution is 0.103. The number of anilines is 1. The molecule has 0 aliphatic heterocycles. The van der Waals surface area contributed by atoms with E-state index in [0.717, 1.165) is 16.0 Å². The Bertz CT molecular complexity index is 1130. The lowest BCUT2D eigenvalue weighted by Crippen LogP contribution is -2.29. The van der Waals surface area contributed by atoms with Crippen molar-refractivity contribution in [1.29, 1.82) is 0 Å². The molecule has 0 heterocycles. The number of aliphatic hydroxyl groups is 1. The molecule has 30 heavy (non-hydrogen) atoms. The molecule has 6 heteroatoms. The summed E-state index contributed by atoms with van der Waals surface area (Å²) in [5.41, 5.74) is 1.61. The molecule has 0 saturated heterocycles. The Morgan fingerprint density at radius 3 is 2.23 bits per heavy atom. The van der Waals surface area contributed by atoms with Crippen molar-refractivity contribution in [3.63, 3.8) is 0 Å². The number of hydrogen-bond acceptors (Lipinski definition) is 4. The van der Waals surface area contributed by atoms with E-state index < -0.39 is 15.6 Å². The molecule has 0 radical (unpaired) electrons. The maximum Gasteiger partial charge on any atom is 0.261 e. The first-order chi connectivity index (χ1) is 14.2. The van der Waals surface area contributed by atoms with Crippen LogP contribution in [-0.4, -0.2) is 19.3 Å². The minimum Gasteiger partial charge on any atom is -0.380 e. The summed E-state index contributed by atoms with van der Waals surface area (Å²) in [6, 6.07) is 23.2. The quantitative estimate of drug-likeness (QED) is 0.367. The Hall–Kier alpha value is -2.54. The van der Waals surface area contributed by atoms with Crippen LogP contribution in [0.4, 0.5) is 5.69 Å². The standard InChI is InChI=1S/C24H25NO3S2/c1-18(2)24(26,20-9-5-4-6-10-20)17-29-23-12-8-7-11-22(23)25-30(27,28)21-15-13-19(3)14-16-21/h4-16,25-26H,1,17H2,2-3H3. The largest absolute Gasteiger partial charge is 0.380 e. The molecule has 0 spiro atoms. The summed E-state index contributed by atoms with van der Waals surface area (Å²) in [6.45, 7) is 7.67. The average Bonchev–Trinajstić information content (AvgIpc) is 2.73. The van der Waals surface area contributed by atoms with Gasteiger partial charge in [0.05, 0.1) is 10.6 Å². The lowest BCUT2D eigenvalue weighted by Gasteiger charge is -2.29. The molecule has 156 valence electrons. The van der Waals surface area contributed by atoms with Crippen LogP contribution in [-0.2, 0) is 15.6 Å². The number of para-hydroxylation sites is 1. The van der Waals surface area contributed by atoms with Gasteiger partial charge in [-0.2, -0.15) is 0 Å². The zero-order chi connectivity index (χ0) is 21.8. The van der Waals surface area contributed by atoms with Crippen molar-refractivity contribution >= 4 is 27.5 Å². The number of nitrogens with one attached hydrogen (secondary N) is 1. The Labute approximate surface area is 182 Å². The van der Waals surface area contributed by atoms with E-state index in [0.29, 0.717) is 17.0 Å². The van der Waals surface area contributed by atoms with E-state index in [1.165, 1.54) is 11.8 Å². The maximum absolute atomic E-state index is 12.8. The van der Waals surface area contributed by atoms with Crippen molar-refractivity contribution in [3.8, 4) is 0 Å². The molecule has 0 aliphatic carbocycles. The highest BCUT2D eigenvalue weighted by molar-refractivity contribution is 7.99. The van der Waals surface area contributed by atoms with E-state index in [1.54, 1.807) is 43.3 Å². The second kappa shape index (κ2) is 9.08. The normalized spacial score (nSPS) is 13.4. The van der Waals surface area contributed by atoms with Crippen LogP contribution in [0.5, 0.6) is 0 Å². The monoisotopic (exact) mass is 439 g/mol. The molecule has 0 aliphatic rings. The van der Waals surface area contributed by atoms with Crippen molar-refractivity contribution in [2.45, 2.75) is 29.2 Å². The topological polar surface area (TPSA) is 66.4 Å². The Morgan fingerprint density at radius 2 is 1.60 bits per heavy atom. The molecule has 0 saturated carbocycles. The van der Waals surface area contributed by atoms with Gasteiger partial charge in [0.1, 0.15) is 5.60 Å². The highest BCUT2D eigenvalue weighted by Crippen LogP contribution is 2.37. The summed E-state index contributed by atoms with van der Waals surface area (Å²) in [5, 5.41) is 11.3. The third kappa shape index (κ3) is 4.95. The van der Waals surface area contributed by atoms with Gasteiger partial charge in [0, 0.05) is 10.6 Å². The van der Waals surface area contributed by atoms with E-state index in [2.05, 4.69) is 11.3 Å². The van der Waals surface area contributed by atoms with E-state index in [-0.39, 0.29) is 4.90 Å². The number of aryl methyl sites for hydroxylation is 1. The molecule has 3 aromatic rings. The summed E-state index contributed by atoms with van der Waals surface area (Å²) >= 11 is 1.38. The maximum atomic E-state index is 12.8. The van der Waals surface area contributed by atoms with Gasteiger partial charge in [-0.05, 0) is 49.2 Å². The lowest BCUT2D eigenvalue weighted by atomic mass is 9.90. The van der Waals surface area contributed by atoms with Crippen molar-refractivity contribution in [3.05, 3.63) is 102 Å². The van der Waals surface area contributed by atoms with E-state index in [4.69, 9.17) is 0 Å². The first-order valence-corrected chi connectivity index (χ1v) is 11.9. The molecule has 1 unspecified atom stereocenters. The average molecular weight is 440 g/mol. The van der Waals surface area contributed by atoms with Gasteiger partial charge < -0.3 is 5.11 Å². The molecule has 4 nitrogen and oxygen atoms in total. The first kappa shape index (κ1) is 22.2. The van der Waals surface area contributed by atoms with Gasteiger partial charge in [-0.25, -0.2) is 8.42 Å².